The Bertz CT molecular complexity index is 856. The summed E-state index contributed by atoms with van der Waals surface area (Å²) in [4.78, 5) is 26.8. The number of rotatable bonds is 4. The largest absolute Gasteiger partial charge is 0.466 e. The Balaban J connectivity index is 1.80. The monoisotopic (exact) mass is 369 g/mol. The fourth-order valence-corrected chi connectivity index (χ4v) is 3.49. The van der Waals surface area contributed by atoms with Gasteiger partial charge < -0.3 is 9.64 Å². The Kier molecular flexibility index (Phi) is 5.63. The molecule has 0 bridgehead atoms. The molecule has 2 aromatic rings. The zero-order valence-electron chi connectivity index (χ0n) is 16.5. The fourth-order valence-electron chi connectivity index (χ4n) is 3.49. The van der Waals surface area contributed by atoms with Crippen LogP contribution in [-0.4, -0.2) is 46.3 Å². The molecule has 1 aliphatic heterocycles. The number of carbonyl (C=O) groups excluding carboxylic acids is 2. The van der Waals surface area contributed by atoms with Crippen LogP contribution in [0.3, 0.4) is 0 Å². The maximum Gasteiger partial charge on any atom is 0.310 e. The number of benzene rings is 1. The smallest absolute Gasteiger partial charge is 0.310 e. The van der Waals surface area contributed by atoms with Gasteiger partial charge in [-0.1, -0.05) is 12.1 Å². The van der Waals surface area contributed by atoms with Gasteiger partial charge in [-0.05, 0) is 56.9 Å². The highest BCUT2D eigenvalue weighted by molar-refractivity contribution is 5.94. The lowest BCUT2D eigenvalue weighted by Gasteiger charge is -2.31. The molecule has 0 saturated carbocycles. The van der Waals surface area contributed by atoms with Crippen LogP contribution in [0.15, 0.2) is 24.3 Å². The van der Waals surface area contributed by atoms with Crippen molar-refractivity contribution in [2.75, 3.05) is 19.7 Å². The van der Waals surface area contributed by atoms with Gasteiger partial charge in [-0.25, -0.2) is 0 Å². The summed E-state index contributed by atoms with van der Waals surface area (Å²) in [6.07, 6.45) is 1.57. The van der Waals surface area contributed by atoms with E-state index >= 15 is 0 Å². The molecule has 1 amide bonds. The number of hydrogen-bond donors (Lipinski definition) is 0. The molecule has 6 nitrogen and oxygen atoms in total. The third kappa shape index (κ3) is 4.04. The van der Waals surface area contributed by atoms with Crippen LogP contribution >= 0.6 is 0 Å². The minimum absolute atomic E-state index is 0.0888. The summed E-state index contributed by atoms with van der Waals surface area (Å²) in [7, 11) is 1.78. The Hall–Kier alpha value is -2.63. The van der Waals surface area contributed by atoms with E-state index in [1.807, 2.05) is 12.1 Å². The van der Waals surface area contributed by atoms with Crippen molar-refractivity contribution in [3.63, 3.8) is 0 Å². The van der Waals surface area contributed by atoms with E-state index in [1.54, 1.807) is 23.6 Å². The normalized spacial score (nSPS) is 17.0. The summed E-state index contributed by atoms with van der Waals surface area (Å²) < 4.78 is 6.75. The Morgan fingerprint density at radius 2 is 2.00 bits per heavy atom. The van der Waals surface area contributed by atoms with Gasteiger partial charge in [0.05, 0.1) is 18.2 Å². The van der Waals surface area contributed by atoms with Gasteiger partial charge in [-0.2, -0.15) is 5.10 Å². The van der Waals surface area contributed by atoms with Crippen LogP contribution in [-0.2, 0) is 16.6 Å². The highest BCUT2D eigenvalue weighted by Crippen LogP contribution is 2.24. The van der Waals surface area contributed by atoms with Crippen LogP contribution in [0.25, 0.3) is 11.3 Å². The summed E-state index contributed by atoms with van der Waals surface area (Å²) >= 11 is 0. The molecule has 0 aliphatic carbocycles. The van der Waals surface area contributed by atoms with Crippen molar-refractivity contribution in [1.29, 1.82) is 0 Å². The van der Waals surface area contributed by atoms with Gasteiger partial charge in [0.25, 0.3) is 5.91 Å². The predicted octanol–water partition coefficient (Wildman–Crippen LogP) is 3.12. The predicted molar refractivity (Wildman–Crippen MR) is 103 cm³/mol. The topological polar surface area (TPSA) is 64.4 Å². The number of aryl methyl sites for hydroxylation is 3. The first-order valence-electron chi connectivity index (χ1n) is 9.48. The van der Waals surface area contributed by atoms with Crippen LogP contribution in [0.5, 0.6) is 0 Å². The molecule has 1 aromatic heterocycles. The first kappa shape index (κ1) is 19.1. The Morgan fingerprint density at radius 1 is 1.22 bits per heavy atom. The average molecular weight is 369 g/mol. The number of ether oxygens (including phenoxy) is 1. The molecular formula is C21H27N3O3. The van der Waals surface area contributed by atoms with Gasteiger partial charge in [-0.3, -0.25) is 14.3 Å². The molecule has 1 atom stereocenters. The molecule has 1 fully saturated rings. The van der Waals surface area contributed by atoms with E-state index in [0.717, 1.165) is 24.1 Å². The van der Waals surface area contributed by atoms with E-state index in [-0.39, 0.29) is 17.8 Å². The molecule has 0 radical (unpaired) electrons. The van der Waals surface area contributed by atoms with Crippen LogP contribution in [0.4, 0.5) is 0 Å². The minimum atomic E-state index is -0.241. The average Bonchev–Trinajstić information content (AvgIpc) is 3.05. The summed E-state index contributed by atoms with van der Waals surface area (Å²) in [5.74, 6) is -0.542. The van der Waals surface area contributed by atoms with Crippen molar-refractivity contribution < 1.29 is 14.3 Å². The molecule has 0 N–H and O–H groups in total. The first-order chi connectivity index (χ1) is 12.9. The second-order valence-corrected chi connectivity index (χ2v) is 7.18. The maximum absolute atomic E-state index is 13.0. The number of likely N-dealkylation sites (tertiary alicyclic amines) is 1. The molecule has 0 spiro atoms. The van der Waals surface area contributed by atoms with Gasteiger partial charge in [0.2, 0.25) is 0 Å². The third-order valence-electron chi connectivity index (χ3n) is 5.23. The highest BCUT2D eigenvalue weighted by atomic mass is 16.5. The van der Waals surface area contributed by atoms with Crippen molar-refractivity contribution >= 4 is 11.9 Å². The molecule has 1 aliphatic rings. The van der Waals surface area contributed by atoms with Crippen LogP contribution < -0.4 is 0 Å². The molecular weight excluding hydrogens is 342 g/mol. The van der Waals surface area contributed by atoms with Gasteiger partial charge in [0.15, 0.2) is 0 Å². The molecule has 144 valence electrons. The molecule has 3 rings (SSSR count). The molecule has 27 heavy (non-hydrogen) atoms. The fraction of sp³-hybridized carbons (Fsp3) is 0.476. The van der Waals surface area contributed by atoms with Crippen molar-refractivity contribution in [2.24, 2.45) is 13.0 Å². The summed E-state index contributed by atoms with van der Waals surface area (Å²) in [5.41, 5.74) is 4.73. The number of aromatic nitrogens is 2. The second kappa shape index (κ2) is 7.94. The number of nitrogens with zero attached hydrogens (tertiary/aromatic N) is 3. The van der Waals surface area contributed by atoms with Crippen LogP contribution in [0.1, 0.15) is 41.4 Å². The third-order valence-corrected chi connectivity index (χ3v) is 5.23. The summed E-state index contributed by atoms with van der Waals surface area (Å²) in [6.45, 7) is 7.36. The van der Waals surface area contributed by atoms with E-state index < -0.39 is 0 Å². The molecule has 1 aromatic carbocycles. The standard InChI is InChI=1S/C21H27N3O3/c1-5-27-21(26)17-7-6-10-24(13-17)20(25)19-12-18(22-23(19)4)16-9-8-14(2)15(3)11-16/h8-9,11-12,17H,5-7,10,13H2,1-4H3. The number of esters is 1. The SMILES string of the molecule is CCOC(=O)C1CCCN(C(=O)c2cc(-c3ccc(C)c(C)c3)nn2C)C1. The van der Waals surface area contributed by atoms with E-state index in [1.165, 1.54) is 11.1 Å². The van der Waals surface area contributed by atoms with E-state index in [9.17, 15) is 9.59 Å². The van der Waals surface area contributed by atoms with Crippen molar-refractivity contribution in [3.05, 3.63) is 41.1 Å². The van der Waals surface area contributed by atoms with Crippen molar-refractivity contribution in [3.8, 4) is 11.3 Å². The van der Waals surface area contributed by atoms with E-state index in [2.05, 4.69) is 31.1 Å². The summed E-state index contributed by atoms with van der Waals surface area (Å²) in [6, 6.07) is 8.01. The minimum Gasteiger partial charge on any atom is -0.466 e. The molecule has 6 heteroatoms. The highest BCUT2D eigenvalue weighted by Gasteiger charge is 2.31. The Labute approximate surface area is 160 Å². The van der Waals surface area contributed by atoms with Gasteiger partial charge in [0, 0.05) is 25.7 Å². The van der Waals surface area contributed by atoms with Gasteiger partial charge >= 0.3 is 5.97 Å². The van der Waals surface area contributed by atoms with Crippen LogP contribution in [0.2, 0.25) is 0 Å². The van der Waals surface area contributed by atoms with Crippen LogP contribution in [0, 0.1) is 19.8 Å². The number of hydrogen-bond acceptors (Lipinski definition) is 4. The molecule has 2 heterocycles. The lowest BCUT2D eigenvalue weighted by atomic mass is 9.98. The first-order valence-corrected chi connectivity index (χ1v) is 9.48. The number of piperidine rings is 1. The number of carbonyl (C=O) groups is 2. The Morgan fingerprint density at radius 3 is 2.70 bits per heavy atom. The van der Waals surface area contributed by atoms with Gasteiger partial charge in [-0.15, -0.1) is 0 Å². The zero-order chi connectivity index (χ0) is 19.6. The van der Waals surface area contributed by atoms with E-state index in [4.69, 9.17) is 4.74 Å². The van der Waals surface area contributed by atoms with E-state index in [0.29, 0.717) is 25.4 Å². The van der Waals surface area contributed by atoms with Gasteiger partial charge in [0.1, 0.15) is 5.69 Å². The zero-order valence-corrected chi connectivity index (χ0v) is 16.5. The molecule has 1 saturated heterocycles. The molecule has 1 unspecified atom stereocenters. The lowest BCUT2D eigenvalue weighted by molar-refractivity contribution is -0.149. The number of amides is 1. The summed E-state index contributed by atoms with van der Waals surface area (Å²) in [5, 5.41) is 4.53. The van der Waals surface area contributed by atoms with Crippen molar-refractivity contribution in [2.45, 2.75) is 33.6 Å². The van der Waals surface area contributed by atoms with Crippen molar-refractivity contribution in [1.82, 2.24) is 14.7 Å². The second-order valence-electron chi connectivity index (χ2n) is 7.18. The quantitative estimate of drug-likeness (QED) is 0.777. The lowest BCUT2D eigenvalue weighted by Crippen LogP contribution is -2.43. The maximum atomic E-state index is 13.0.